The third-order valence-corrected chi connectivity index (χ3v) is 5.75. The fraction of sp³-hybridized carbons (Fsp3) is 0.360. The van der Waals surface area contributed by atoms with Crippen LogP contribution in [0.1, 0.15) is 44.2 Å². The average molecular weight is 375 g/mol. The van der Waals surface area contributed by atoms with E-state index in [0.29, 0.717) is 0 Å². The van der Waals surface area contributed by atoms with E-state index in [9.17, 15) is 5.11 Å². The Hall–Kier alpha value is -2.52. The Morgan fingerprint density at radius 3 is 2.39 bits per heavy atom. The molecule has 1 saturated heterocycles. The number of ether oxygens (including phenoxy) is 1. The monoisotopic (exact) mass is 374 g/mol. The minimum Gasteiger partial charge on any atom is -0.488 e. The summed E-state index contributed by atoms with van der Waals surface area (Å²) in [7, 11) is 0. The highest BCUT2D eigenvalue weighted by atomic mass is 16.5. The van der Waals surface area contributed by atoms with Crippen LogP contribution in [-0.2, 0) is 10.5 Å². The molecule has 1 aliphatic rings. The summed E-state index contributed by atoms with van der Waals surface area (Å²) in [5, 5.41) is 17.6. The van der Waals surface area contributed by atoms with Crippen LogP contribution in [-0.4, -0.2) is 19.2 Å². The second-order valence-corrected chi connectivity index (χ2v) is 8.73. The number of hydrogen-bond donors (Lipinski definition) is 1. The molecule has 1 N–H and O–H groups in total. The molecular weight excluding hydrogens is 346 g/mol. The smallest absolute Gasteiger partial charge is 0.186 e. The predicted octanol–water partition coefficient (Wildman–Crippen LogP) is 5.81. The highest BCUT2D eigenvalue weighted by molar-refractivity contribution is 5.91. The van der Waals surface area contributed by atoms with E-state index in [1.165, 1.54) is 11.1 Å². The Bertz CT molecular complexity index is 956. The van der Waals surface area contributed by atoms with Gasteiger partial charge in [0.25, 0.3) is 0 Å². The minimum absolute atomic E-state index is 0.0372. The zero-order valence-corrected chi connectivity index (χ0v) is 16.9. The van der Waals surface area contributed by atoms with Gasteiger partial charge in [-0.25, -0.2) is 0 Å². The lowest BCUT2D eigenvalue weighted by Gasteiger charge is -2.33. The molecule has 0 spiro atoms. The first-order valence-corrected chi connectivity index (χ1v) is 10.1. The highest BCUT2D eigenvalue weighted by Gasteiger charge is 2.29. The molecule has 1 heterocycles. The van der Waals surface area contributed by atoms with E-state index in [4.69, 9.17) is 4.74 Å². The number of piperidine rings is 1. The molecule has 3 aromatic rings. The van der Waals surface area contributed by atoms with Gasteiger partial charge in [0.1, 0.15) is 11.9 Å². The number of fused-ring (bicyclic) bond motifs is 1. The molecule has 1 fully saturated rings. The van der Waals surface area contributed by atoms with Crippen molar-refractivity contribution in [1.29, 1.82) is 0 Å². The van der Waals surface area contributed by atoms with Gasteiger partial charge in [-0.3, -0.25) is 5.11 Å². The molecule has 0 saturated carbocycles. The fourth-order valence-electron chi connectivity index (χ4n) is 4.15. The molecule has 3 heteroatoms. The van der Waals surface area contributed by atoms with Crippen LogP contribution in [0, 0.1) is 0 Å². The third-order valence-electron chi connectivity index (χ3n) is 5.75. The van der Waals surface area contributed by atoms with E-state index < -0.39 is 0 Å². The summed E-state index contributed by atoms with van der Waals surface area (Å²) >= 11 is 0. The van der Waals surface area contributed by atoms with E-state index in [-0.39, 0.29) is 23.2 Å². The van der Waals surface area contributed by atoms with Crippen LogP contribution >= 0.6 is 0 Å². The maximum atomic E-state index is 12.3. The van der Waals surface area contributed by atoms with Crippen LogP contribution in [0.4, 0.5) is 0 Å². The van der Waals surface area contributed by atoms with E-state index in [0.717, 1.165) is 36.0 Å². The number of benzene rings is 3. The first-order valence-electron chi connectivity index (χ1n) is 10.1. The van der Waals surface area contributed by atoms with E-state index in [2.05, 4.69) is 62.5 Å². The Balaban J connectivity index is 1.63. The summed E-state index contributed by atoms with van der Waals surface area (Å²) in [6.07, 6.45) is 1.03. The lowest BCUT2D eigenvalue weighted by atomic mass is 9.84. The predicted molar refractivity (Wildman–Crippen MR) is 114 cm³/mol. The molecule has 1 aliphatic heterocycles. The molecule has 3 aromatic carbocycles. The van der Waals surface area contributed by atoms with Crippen molar-refractivity contribution in [1.82, 2.24) is 5.32 Å². The molecule has 0 bridgehead atoms. The molecule has 4 rings (SSSR count). The maximum Gasteiger partial charge on any atom is 0.186 e. The van der Waals surface area contributed by atoms with Gasteiger partial charge in [0.15, 0.2) is 5.75 Å². The van der Waals surface area contributed by atoms with Crippen molar-refractivity contribution in [2.75, 3.05) is 13.1 Å². The largest absolute Gasteiger partial charge is 0.488 e. The summed E-state index contributed by atoms with van der Waals surface area (Å²) < 4.78 is 6.43. The Morgan fingerprint density at radius 2 is 1.64 bits per heavy atom. The van der Waals surface area contributed by atoms with Crippen molar-refractivity contribution in [3.63, 3.8) is 0 Å². The summed E-state index contributed by atoms with van der Waals surface area (Å²) in [5.41, 5.74) is 2.65. The fourth-order valence-corrected chi connectivity index (χ4v) is 4.15. The highest BCUT2D eigenvalue weighted by Crippen LogP contribution is 2.36. The molecule has 2 atom stereocenters. The van der Waals surface area contributed by atoms with Crippen molar-refractivity contribution in [2.45, 2.75) is 44.6 Å². The van der Waals surface area contributed by atoms with Crippen LogP contribution in [0.25, 0.3) is 10.8 Å². The summed E-state index contributed by atoms with van der Waals surface area (Å²) in [6.45, 7) is 8.41. The van der Waals surface area contributed by atoms with Crippen molar-refractivity contribution in [2.24, 2.45) is 0 Å². The van der Waals surface area contributed by atoms with Gasteiger partial charge >= 0.3 is 0 Å². The first kappa shape index (κ1) is 18.8. The normalized spacial score (nSPS) is 20.2. The molecule has 145 valence electrons. The molecule has 28 heavy (non-hydrogen) atoms. The average Bonchev–Trinajstić information content (AvgIpc) is 2.68. The van der Waals surface area contributed by atoms with Gasteiger partial charge in [0.2, 0.25) is 0 Å². The van der Waals surface area contributed by atoms with E-state index in [1.807, 2.05) is 18.2 Å². The van der Waals surface area contributed by atoms with Gasteiger partial charge in [-0.2, -0.15) is 0 Å². The van der Waals surface area contributed by atoms with Gasteiger partial charge in [-0.05, 0) is 53.1 Å². The van der Waals surface area contributed by atoms with Crippen LogP contribution in [0.5, 0.6) is 11.5 Å². The molecule has 1 radical (unpaired) electrons. The second kappa shape index (κ2) is 7.48. The van der Waals surface area contributed by atoms with Gasteiger partial charge in [0, 0.05) is 17.8 Å². The van der Waals surface area contributed by atoms with Gasteiger partial charge < -0.3 is 10.1 Å². The molecule has 2 unspecified atom stereocenters. The lowest BCUT2D eigenvalue weighted by Crippen LogP contribution is -2.42. The van der Waals surface area contributed by atoms with Crippen molar-refractivity contribution >= 4 is 10.8 Å². The van der Waals surface area contributed by atoms with Gasteiger partial charge in [-0.1, -0.05) is 63.2 Å². The standard InChI is InChI=1S/C25H28NO2/c1-25(2,3)17-10-12-18(13-11-17)28-24-16-26-15-14-22(24)20-6-4-8-21-19(20)7-5-9-23(21)27/h4-13,22,24,26H,14-16H2,1-3H3. The maximum absolute atomic E-state index is 12.3. The summed E-state index contributed by atoms with van der Waals surface area (Å²) in [5.74, 6) is 1.24. The van der Waals surface area contributed by atoms with E-state index in [1.54, 1.807) is 6.07 Å². The lowest BCUT2D eigenvalue weighted by molar-refractivity contribution is 0.143. The van der Waals surface area contributed by atoms with Crippen LogP contribution < -0.4 is 10.1 Å². The van der Waals surface area contributed by atoms with Crippen LogP contribution in [0.3, 0.4) is 0 Å². The number of hydrogen-bond acceptors (Lipinski definition) is 2. The molecule has 3 nitrogen and oxygen atoms in total. The molecule has 0 aromatic heterocycles. The van der Waals surface area contributed by atoms with Crippen LogP contribution in [0.2, 0.25) is 0 Å². The second-order valence-electron chi connectivity index (χ2n) is 8.73. The summed E-state index contributed by atoms with van der Waals surface area (Å²) in [4.78, 5) is 0. The minimum atomic E-state index is 0.0372. The third kappa shape index (κ3) is 3.72. The van der Waals surface area contributed by atoms with Crippen molar-refractivity contribution < 1.29 is 9.84 Å². The van der Waals surface area contributed by atoms with Crippen LogP contribution in [0.15, 0.2) is 60.7 Å². The van der Waals surface area contributed by atoms with Gasteiger partial charge in [0.05, 0.1) is 0 Å². The Kier molecular flexibility index (Phi) is 5.03. The first-order chi connectivity index (χ1) is 13.4. The van der Waals surface area contributed by atoms with Crippen molar-refractivity contribution in [3.8, 4) is 11.5 Å². The Labute approximate surface area is 167 Å². The Morgan fingerprint density at radius 1 is 0.929 bits per heavy atom. The zero-order valence-electron chi connectivity index (χ0n) is 16.9. The number of nitrogens with one attached hydrogen (secondary N) is 1. The summed E-state index contributed by atoms with van der Waals surface area (Å²) in [6, 6.07) is 20.1. The van der Waals surface area contributed by atoms with E-state index >= 15 is 0 Å². The van der Waals surface area contributed by atoms with Crippen molar-refractivity contribution in [3.05, 3.63) is 71.8 Å². The SMILES string of the molecule is CC(C)(C)c1ccc(OC2CNCCC2c2cccc3c([O])cccc23)cc1. The number of rotatable bonds is 3. The molecule has 0 amide bonds. The zero-order chi connectivity index (χ0) is 19.7. The quantitative estimate of drug-likeness (QED) is 0.629. The molecular formula is C25H28NO2. The van der Waals surface area contributed by atoms with Gasteiger partial charge in [-0.15, -0.1) is 0 Å². The molecule has 0 aliphatic carbocycles. The topological polar surface area (TPSA) is 41.2 Å².